The lowest BCUT2D eigenvalue weighted by Crippen LogP contribution is -2.65. The van der Waals surface area contributed by atoms with E-state index in [1.165, 1.54) is 51.6 Å². The van der Waals surface area contributed by atoms with E-state index >= 15 is 0 Å². The molecule has 16 heavy (non-hydrogen) atoms. The fourth-order valence-electron chi connectivity index (χ4n) is 3.40. The zero-order valence-corrected chi connectivity index (χ0v) is 11.3. The summed E-state index contributed by atoms with van der Waals surface area (Å²) in [5, 5.41) is 3.72. The van der Waals surface area contributed by atoms with Crippen molar-refractivity contribution in [3.05, 3.63) is 0 Å². The zero-order valence-electron chi connectivity index (χ0n) is 11.3. The average molecular weight is 224 g/mol. The van der Waals surface area contributed by atoms with Crippen molar-refractivity contribution in [1.82, 2.24) is 10.2 Å². The van der Waals surface area contributed by atoms with Gasteiger partial charge in [0.2, 0.25) is 0 Å². The zero-order chi connectivity index (χ0) is 11.6. The first-order valence-electron chi connectivity index (χ1n) is 7.19. The summed E-state index contributed by atoms with van der Waals surface area (Å²) in [7, 11) is 0. The summed E-state index contributed by atoms with van der Waals surface area (Å²) in [5.74, 6) is 0. The van der Waals surface area contributed by atoms with Gasteiger partial charge >= 0.3 is 0 Å². The van der Waals surface area contributed by atoms with Gasteiger partial charge in [-0.25, -0.2) is 0 Å². The molecule has 2 rings (SSSR count). The molecule has 2 heteroatoms. The maximum absolute atomic E-state index is 3.72. The van der Waals surface area contributed by atoms with Gasteiger partial charge < -0.3 is 5.32 Å². The number of rotatable bonds is 3. The fourth-order valence-corrected chi connectivity index (χ4v) is 3.40. The molecule has 0 aromatic rings. The Labute approximate surface area is 101 Å². The van der Waals surface area contributed by atoms with Crippen molar-refractivity contribution in [1.29, 1.82) is 0 Å². The van der Waals surface area contributed by atoms with Gasteiger partial charge in [0.25, 0.3) is 0 Å². The molecular formula is C14H28N2. The number of nitrogens with zero attached hydrogens (tertiary/aromatic N) is 1. The van der Waals surface area contributed by atoms with Crippen LogP contribution in [-0.2, 0) is 0 Å². The Bertz CT molecular complexity index is 223. The first-order chi connectivity index (χ1) is 7.69. The molecule has 2 atom stereocenters. The van der Waals surface area contributed by atoms with Gasteiger partial charge in [-0.15, -0.1) is 0 Å². The van der Waals surface area contributed by atoms with Gasteiger partial charge in [0.15, 0.2) is 0 Å². The van der Waals surface area contributed by atoms with Gasteiger partial charge in [-0.05, 0) is 32.6 Å². The second-order valence-corrected chi connectivity index (χ2v) is 5.93. The van der Waals surface area contributed by atoms with E-state index in [4.69, 9.17) is 0 Å². The lowest BCUT2D eigenvalue weighted by atomic mass is 9.89. The van der Waals surface area contributed by atoms with Gasteiger partial charge in [-0.3, -0.25) is 4.90 Å². The van der Waals surface area contributed by atoms with Crippen molar-refractivity contribution < 1.29 is 0 Å². The summed E-state index contributed by atoms with van der Waals surface area (Å²) in [5.41, 5.74) is 0.403. The van der Waals surface area contributed by atoms with Crippen LogP contribution in [-0.4, -0.2) is 35.6 Å². The van der Waals surface area contributed by atoms with Crippen LogP contribution < -0.4 is 5.32 Å². The van der Waals surface area contributed by atoms with Gasteiger partial charge in [-0.2, -0.15) is 0 Å². The Hall–Kier alpha value is -0.0800. The van der Waals surface area contributed by atoms with Crippen molar-refractivity contribution in [3.8, 4) is 0 Å². The Balaban J connectivity index is 2.07. The summed E-state index contributed by atoms with van der Waals surface area (Å²) in [6.07, 6.45) is 8.31. The van der Waals surface area contributed by atoms with E-state index < -0.39 is 0 Å². The third-order valence-electron chi connectivity index (χ3n) is 4.90. The highest BCUT2D eigenvalue weighted by Gasteiger charge is 2.40. The van der Waals surface area contributed by atoms with E-state index in [1.54, 1.807) is 0 Å². The van der Waals surface area contributed by atoms with Crippen LogP contribution in [0.4, 0.5) is 0 Å². The molecule has 1 saturated heterocycles. The van der Waals surface area contributed by atoms with Crippen LogP contribution in [0.1, 0.15) is 59.3 Å². The quantitative estimate of drug-likeness (QED) is 0.793. The van der Waals surface area contributed by atoms with Crippen LogP contribution in [0.2, 0.25) is 0 Å². The van der Waals surface area contributed by atoms with Gasteiger partial charge in [0, 0.05) is 30.7 Å². The molecule has 0 bridgehead atoms. The SMILES string of the molecule is CCC1CN(C2CCCC2)C(C)(CC)CN1. The lowest BCUT2D eigenvalue weighted by molar-refractivity contribution is 0.0116. The highest BCUT2D eigenvalue weighted by molar-refractivity contribution is 4.98. The van der Waals surface area contributed by atoms with Crippen molar-refractivity contribution in [2.75, 3.05) is 13.1 Å². The molecule has 1 N–H and O–H groups in total. The van der Waals surface area contributed by atoms with Crippen molar-refractivity contribution in [3.63, 3.8) is 0 Å². The number of piperazine rings is 1. The Morgan fingerprint density at radius 1 is 1.25 bits per heavy atom. The first kappa shape index (κ1) is 12.4. The summed E-state index contributed by atoms with van der Waals surface area (Å²) in [6.45, 7) is 9.54. The van der Waals surface area contributed by atoms with Crippen molar-refractivity contribution >= 4 is 0 Å². The molecule has 0 spiro atoms. The molecule has 2 nitrogen and oxygen atoms in total. The van der Waals surface area contributed by atoms with Gasteiger partial charge in [-0.1, -0.05) is 26.7 Å². The third kappa shape index (κ3) is 2.28. The number of hydrogen-bond acceptors (Lipinski definition) is 2. The highest BCUT2D eigenvalue weighted by Crippen LogP contribution is 2.33. The molecule has 1 heterocycles. The van der Waals surface area contributed by atoms with Crippen molar-refractivity contribution in [2.24, 2.45) is 0 Å². The minimum atomic E-state index is 0.403. The van der Waals surface area contributed by atoms with Crippen molar-refractivity contribution in [2.45, 2.75) is 76.9 Å². The van der Waals surface area contributed by atoms with E-state index in [0.717, 1.165) is 12.1 Å². The van der Waals surface area contributed by atoms with Crippen LogP contribution in [0.3, 0.4) is 0 Å². The maximum Gasteiger partial charge on any atom is 0.0306 e. The van der Waals surface area contributed by atoms with E-state index in [0.29, 0.717) is 5.54 Å². The minimum absolute atomic E-state index is 0.403. The molecule has 2 unspecified atom stereocenters. The monoisotopic (exact) mass is 224 g/mol. The highest BCUT2D eigenvalue weighted by atomic mass is 15.3. The molecule has 1 aliphatic carbocycles. The van der Waals surface area contributed by atoms with Crippen LogP contribution in [0.15, 0.2) is 0 Å². The normalized spacial score (nSPS) is 38.1. The predicted octanol–water partition coefficient (Wildman–Crippen LogP) is 2.78. The molecule has 94 valence electrons. The fraction of sp³-hybridized carbons (Fsp3) is 1.00. The molecular weight excluding hydrogens is 196 g/mol. The average Bonchev–Trinajstić information content (AvgIpc) is 2.83. The third-order valence-corrected chi connectivity index (χ3v) is 4.90. The Morgan fingerprint density at radius 3 is 2.50 bits per heavy atom. The second kappa shape index (κ2) is 5.05. The summed E-state index contributed by atoms with van der Waals surface area (Å²) >= 11 is 0. The van der Waals surface area contributed by atoms with E-state index in [-0.39, 0.29) is 0 Å². The lowest BCUT2D eigenvalue weighted by Gasteiger charge is -2.50. The summed E-state index contributed by atoms with van der Waals surface area (Å²) in [6, 6.07) is 1.60. The van der Waals surface area contributed by atoms with E-state index in [9.17, 15) is 0 Å². The van der Waals surface area contributed by atoms with Crippen LogP contribution >= 0.6 is 0 Å². The van der Waals surface area contributed by atoms with E-state index in [1.807, 2.05) is 0 Å². The largest absolute Gasteiger partial charge is 0.311 e. The Kier molecular flexibility index (Phi) is 3.91. The molecule has 0 radical (unpaired) electrons. The molecule has 0 amide bonds. The molecule has 2 aliphatic rings. The second-order valence-electron chi connectivity index (χ2n) is 5.93. The minimum Gasteiger partial charge on any atom is -0.311 e. The van der Waals surface area contributed by atoms with Crippen LogP contribution in [0, 0.1) is 0 Å². The molecule has 2 fully saturated rings. The van der Waals surface area contributed by atoms with Gasteiger partial charge in [0.1, 0.15) is 0 Å². The first-order valence-corrected chi connectivity index (χ1v) is 7.19. The van der Waals surface area contributed by atoms with E-state index in [2.05, 4.69) is 31.0 Å². The summed E-state index contributed by atoms with van der Waals surface area (Å²) in [4.78, 5) is 2.84. The van der Waals surface area contributed by atoms with Gasteiger partial charge in [0.05, 0.1) is 0 Å². The smallest absolute Gasteiger partial charge is 0.0306 e. The molecule has 1 saturated carbocycles. The molecule has 0 aromatic heterocycles. The standard InChI is InChI=1S/C14H28N2/c1-4-12-10-16(13-8-6-7-9-13)14(3,5-2)11-15-12/h12-13,15H,4-11H2,1-3H3. The summed E-state index contributed by atoms with van der Waals surface area (Å²) < 4.78 is 0. The molecule has 0 aromatic carbocycles. The van der Waals surface area contributed by atoms with Crippen LogP contribution in [0.25, 0.3) is 0 Å². The molecule has 1 aliphatic heterocycles. The predicted molar refractivity (Wildman–Crippen MR) is 69.7 cm³/mol. The topological polar surface area (TPSA) is 15.3 Å². The maximum atomic E-state index is 3.72. The number of hydrogen-bond donors (Lipinski definition) is 1. The Morgan fingerprint density at radius 2 is 1.94 bits per heavy atom. The van der Waals surface area contributed by atoms with Crippen LogP contribution in [0.5, 0.6) is 0 Å². The number of nitrogens with one attached hydrogen (secondary N) is 1.